The Kier molecular flexibility index (Phi) is 5.89. The van der Waals surface area contributed by atoms with Crippen molar-refractivity contribution in [1.82, 2.24) is 5.32 Å². The highest BCUT2D eigenvalue weighted by Crippen LogP contribution is 2.30. The van der Waals surface area contributed by atoms with Crippen molar-refractivity contribution in [2.75, 3.05) is 13.6 Å². The van der Waals surface area contributed by atoms with Crippen molar-refractivity contribution in [3.05, 3.63) is 102 Å². The molecule has 0 saturated carbocycles. The Balaban J connectivity index is 1.84. The van der Waals surface area contributed by atoms with Gasteiger partial charge in [0.1, 0.15) is 0 Å². The molecule has 0 spiro atoms. The van der Waals surface area contributed by atoms with Gasteiger partial charge in [-0.3, -0.25) is 0 Å². The third-order valence-corrected chi connectivity index (χ3v) is 4.76. The molecule has 2 heteroatoms. The van der Waals surface area contributed by atoms with E-state index in [2.05, 4.69) is 90.3 Å². The standard InChI is InChI=1S/C22H21NS/c1-23-17-16-22(18-8-4-2-5-9-18)19-12-14-21(15-13-19)24-20-10-6-3-7-11-20/h2-16,23H,17H2,1H3. The third-order valence-electron chi connectivity index (χ3n) is 3.74. The van der Waals surface area contributed by atoms with Gasteiger partial charge in [0.15, 0.2) is 0 Å². The van der Waals surface area contributed by atoms with Gasteiger partial charge < -0.3 is 5.32 Å². The predicted octanol–water partition coefficient (Wildman–Crippen LogP) is 5.49. The molecule has 3 aromatic rings. The van der Waals surface area contributed by atoms with Crippen LogP contribution in [0.5, 0.6) is 0 Å². The molecule has 0 saturated heterocycles. The van der Waals surface area contributed by atoms with Crippen LogP contribution in [0.3, 0.4) is 0 Å². The van der Waals surface area contributed by atoms with Crippen LogP contribution < -0.4 is 5.32 Å². The molecule has 0 aliphatic carbocycles. The first-order valence-electron chi connectivity index (χ1n) is 8.10. The van der Waals surface area contributed by atoms with Gasteiger partial charge in [-0.05, 0) is 48.0 Å². The molecule has 24 heavy (non-hydrogen) atoms. The summed E-state index contributed by atoms with van der Waals surface area (Å²) in [7, 11) is 1.97. The zero-order chi connectivity index (χ0) is 16.6. The van der Waals surface area contributed by atoms with Gasteiger partial charge in [-0.25, -0.2) is 0 Å². The van der Waals surface area contributed by atoms with E-state index < -0.39 is 0 Å². The van der Waals surface area contributed by atoms with Crippen molar-refractivity contribution in [2.45, 2.75) is 9.79 Å². The molecular formula is C22H21NS. The van der Waals surface area contributed by atoms with E-state index in [4.69, 9.17) is 0 Å². The van der Waals surface area contributed by atoms with Crippen molar-refractivity contribution in [2.24, 2.45) is 0 Å². The van der Waals surface area contributed by atoms with E-state index in [1.807, 2.05) is 13.1 Å². The highest BCUT2D eigenvalue weighted by Gasteiger charge is 2.05. The second-order valence-electron chi connectivity index (χ2n) is 5.48. The van der Waals surface area contributed by atoms with Gasteiger partial charge in [0.25, 0.3) is 0 Å². The molecule has 0 unspecified atom stereocenters. The van der Waals surface area contributed by atoms with Gasteiger partial charge in [0.05, 0.1) is 0 Å². The SMILES string of the molecule is CNCC=C(c1ccccc1)c1ccc(Sc2ccccc2)cc1. The van der Waals surface area contributed by atoms with Crippen LogP contribution in [-0.2, 0) is 0 Å². The van der Waals surface area contributed by atoms with E-state index in [0.717, 1.165) is 6.54 Å². The number of benzene rings is 3. The highest BCUT2D eigenvalue weighted by molar-refractivity contribution is 7.99. The van der Waals surface area contributed by atoms with E-state index in [9.17, 15) is 0 Å². The largest absolute Gasteiger partial charge is 0.316 e. The van der Waals surface area contributed by atoms with Crippen LogP contribution in [0.1, 0.15) is 11.1 Å². The Hall–Kier alpha value is -2.29. The minimum Gasteiger partial charge on any atom is -0.316 e. The van der Waals surface area contributed by atoms with E-state index in [1.165, 1.54) is 26.5 Å². The lowest BCUT2D eigenvalue weighted by Crippen LogP contribution is -2.05. The summed E-state index contributed by atoms with van der Waals surface area (Å²) in [6.07, 6.45) is 2.24. The van der Waals surface area contributed by atoms with Gasteiger partial charge in [0, 0.05) is 16.3 Å². The fourth-order valence-corrected chi connectivity index (χ4v) is 3.39. The van der Waals surface area contributed by atoms with Gasteiger partial charge in [-0.15, -0.1) is 0 Å². The second kappa shape index (κ2) is 8.53. The van der Waals surface area contributed by atoms with Crippen LogP contribution in [0.4, 0.5) is 0 Å². The molecular weight excluding hydrogens is 310 g/mol. The number of rotatable bonds is 6. The summed E-state index contributed by atoms with van der Waals surface area (Å²) in [5.41, 5.74) is 3.76. The molecule has 0 atom stereocenters. The van der Waals surface area contributed by atoms with Crippen molar-refractivity contribution in [3.63, 3.8) is 0 Å². The number of nitrogens with one attached hydrogen (secondary N) is 1. The monoisotopic (exact) mass is 331 g/mol. The fraction of sp³-hybridized carbons (Fsp3) is 0.0909. The van der Waals surface area contributed by atoms with Crippen LogP contribution in [0.15, 0.2) is 101 Å². The molecule has 120 valence electrons. The van der Waals surface area contributed by atoms with Crippen molar-refractivity contribution >= 4 is 17.3 Å². The zero-order valence-electron chi connectivity index (χ0n) is 13.8. The topological polar surface area (TPSA) is 12.0 Å². The van der Waals surface area contributed by atoms with Crippen LogP contribution >= 0.6 is 11.8 Å². The second-order valence-corrected chi connectivity index (χ2v) is 6.63. The van der Waals surface area contributed by atoms with Crippen LogP contribution in [0, 0.1) is 0 Å². The smallest absolute Gasteiger partial charge is 0.0141 e. The maximum Gasteiger partial charge on any atom is 0.0141 e. The number of hydrogen-bond donors (Lipinski definition) is 1. The van der Waals surface area contributed by atoms with E-state index >= 15 is 0 Å². The molecule has 0 aliphatic rings. The van der Waals surface area contributed by atoms with Crippen molar-refractivity contribution < 1.29 is 0 Å². The first-order valence-corrected chi connectivity index (χ1v) is 8.92. The fourth-order valence-electron chi connectivity index (χ4n) is 2.55. The van der Waals surface area contributed by atoms with Crippen LogP contribution in [0.2, 0.25) is 0 Å². The maximum absolute atomic E-state index is 3.20. The van der Waals surface area contributed by atoms with Crippen molar-refractivity contribution in [1.29, 1.82) is 0 Å². The average Bonchev–Trinajstić information content (AvgIpc) is 2.65. The molecule has 1 nitrogen and oxygen atoms in total. The quantitative estimate of drug-likeness (QED) is 0.641. The molecule has 0 aromatic heterocycles. The van der Waals surface area contributed by atoms with Gasteiger partial charge >= 0.3 is 0 Å². The van der Waals surface area contributed by atoms with Gasteiger partial charge in [-0.1, -0.05) is 78.5 Å². The molecule has 0 amide bonds. The highest BCUT2D eigenvalue weighted by atomic mass is 32.2. The summed E-state index contributed by atoms with van der Waals surface area (Å²) < 4.78 is 0. The molecule has 0 heterocycles. The molecule has 0 bridgehead atoms. The minimum atomic E-state index is 0.852. The molecule has 0 fully saturated rings. The Bertz CT molecular complexity index is 777. The molecule has 3 rings (SSSR count). The summed E-state index contributed by atoms with van der Waals surface area (Å²) in [6.45, 7) is 0.852. The van der Waals surface area contributed by atoms with Crippen LogP contribution in [0.25, 0.3) is 5.57 Å². The van der Waals surface area contributed by atoms with E-state index in [0.29, 0.717) is 0 Å². The summed E-state index contributed by atoms with van der Waals surface area (Å²) >= 11 is 1.79. The normalized spacial score (nSPS) is 11.5. The first-order chi connectivity index (χ1) is 11.9. The molecule has 0 radical (unpaired) electrons. The molecule has 0 aliphatic heterocycles. The third kappa shape index (κ3) is 4.38. The molecule has 1 N–H and O–H groups in total. The number of likely N-dealkylation sites (N-methyl/N-ethyl adjacent to an activating group) is 1. The Morgan fingerprint density at radius 2 is 1.29 bits per heavy atom. The average molecular weight is 331 g/mol. The summed E-state index contributed by atoms with van der Waals surface area (Å²) in [6, 6.07) is 29.8. The summed E-state index contributed by atoms with van der Waals surface area (Å²) in [5.74, 6) is 0. The van der Waals surface area contributed by atoms with Crippen LogP contribution in [-0.4, -0.2) is 13.6 Å². The number of hydrogen-bond acceptors (Lipinski definition) is 2. The van der Waals surface area contributed by atoms with E-state index in [-0.39, 0.29) is 0 Å². The Labute approximate surface area is 148 Å². The summed E-state index contributed by atoms with van der Waals surface area (Å²) in [5, 5.41) is 3.20. The Morgan fingerprint density at radius 1 is 0.750 bits per heavy atom. The van der Waals surface area contributed by atoms with Gasteiger partial charge in [0.2, 0.25) is 0 Å². The first kappa shape index (κ1) is 16.6. The lowest BCUT2D eigenvalue weighted by molar-refractivity contribution is 0.920. The lowest BCUT2D eigenvalue weighted by Gasteiger charge is -2.10. The minimum absolute atomic E-state index is 0.852. The zero-order valence-corrected chi connectivity index (χ0v) is 14.6. The lowest BCUT2D eigenvalue weighted by atomic mass is 9.97. The summed E-state index contributed by atoms with van der Waals surface area (Å²) in [4.78, 5) is 2.52. The van der Waals surface area contributed by atoms with Crippen molar-refractivity contribution in [3.8, 4) is 0 Å². The predicted molar refractivity (Wildman–Crippen MR) is 104 cm³/mol. The Morgan fingerprint density at radius 3 is 1.92 bits per heavy atom. The van der Waals surface area contributed by atoms with Gasteiger partial charge in [-0.2, -0.15) is 0 Å². The van der Waals surface area contributed by atoms with E-state index in [1.54, 1.807) is 11.8 Å². The molecule has 3 aromatic carbocycles. The maximum atomic E-state index is 3.20.